The van der Waals surface area contributed by atoms with Gasteiger partial charge in [-0.3, -0.25) is 4.79 Å². The van der Waals surface area contributed by atoms with Crippen molar-refractivity contribution in [2.75, 3.05) is 31.1 Å². The largest absolute Gasteiger partial charge is 0.354 e. The van der Waals surface area contributed by atoms with Crippen LogP contribution in [0.2, 0.25) is 0 Å². The van der Waals surface area contributed by atoms with Gasteiger partial charge in [-0.1, -0.05) is 51.8 Å². The van der Waals surface area contributed by atoms with Gasteiger partial charge in [0.2, 0.25) is 5.91 Å². The molecule has 1 fully saturated rings. The maximum atomic E-state index is 13.2. The van der Waals surface area contributed by atoms with Crippen molar-refractivity contribution in [1.82, 2.24) is 24.6 Å². The number of rotatable bonds is 9. The second kappa shape index (κ2) is 11.4. The predicted molar refractivity (Wildman–Crippen MR) is 137 cm³/mol. The summed E-state index contributed by atoms with van der Waals surface area (Å²) < 4.78 is 1.91. The Morgan fingerprint density at radius 1 is 1.00 bits per heavy atom. The van der Waals surface area contributed by atoms with Gasteiger partial charge < -0.3 is 9.80 Å². The molecule has 0 radical (unpaired) electrons. The van der Waals surface area contributed by atoms with Crippen molar-refractivity contribution < 1.29 is 4.79 Å². The van der Waals surface area contributed by atoms with Gasteiger partial charge in [0.1, 0.15) is 11.6 Å². The number of nitrogens with zero attached hydrogens (tertiary/aromatic N) is 6. The minimum absolute atomic E-state index is 0.150. The van der Waals surface area contributed by atoms with Crippen LogP contribution in [0.3, 0.4) is 0 Å². The maximum absolute atomic E-state index is 13.2. The van der Waals surface area contributed by atoms with Gasteiger partial charge in [0.15, 0.2) is 5.65 Å². The first-order valence-electron chi connectivity index (χ1n) is 13.0. The maximum Gasteiger partial charge on any atom is 0.225 e. The fraction of sp³-hybridized carbons (Fsp3) is 0.556. The summed E-state index contributed by atoms with van der Waals surface area (Å²) in [5.41, 5.74) is 1.84. The minimum Gasteiger partial charge on any atom is -0.354 e. The van der Waals surface area contributed by atoms with E-state index in [0.717, 1.165) is 99.5 Å². The Morgan fingerprint density at radius 2 is 1.82 bits per heavy atom. The second-order valence-corrected chi connectivity index (χ2v) is 9.26. The summed E-state index contributed by atoms with van der Waals surface area (Å²) in [4.78, 5) is 27.5. The number of aromatic nitrogens is 4. The van der Waals surface area contributed by atoms with Gasteiger partial charge in [-0.15, -0.1) is 0 Å². The molecule has 3 aromatic rings. The van der Waals surface area contributed by atoms with Crippen LogP contribution in [0.1, 0.15) is 65.1 Å². The van der Waals surface area contributed by atoms with Gasteiger partial charge in [-0.25, -0.2) is 14.6 Å². The average Bonchev–Trinajstić information content (AvgIpc) is 3.13. The summed E-state index contributed by atoms with van der Waals surface area (Å²) in [7, 11) is 0. The van der Waals surface area contributed by atoms with Crippen molar-refractivity contribution >= 4 is 22.8 Å². The van der Waals surface area contributed by atoms with Crippen molar-refractivity contribution in [3.63, 3.8) is 0 Å². The number of carbonyl (C=O) groups excluding carboxylic acids is 1. The van der Waals surface area contributed by atoms with Crippen LogP contribution in [0.25, 0.3) is 16.7 Å². The molecule has 0 bridgehead atoms. The highest BCUT2D eigenvalue weighted by molar-refractivity contribution is 5.88. The standard InChI is InChI=1S/C27H38N6O/c1-4-7-13-21(6-3)27(34)32-17-11-16-31(18-19-32)25-23-20-28-33(22-14-9-8-10-15-22)26(23)30-24(29-25)12-5-2/h8-10,14-15,20-21H,4-7,11-13,16-19H2,1-3H3. The summed E-state index contributed by atoms with van der Waals surface area (Å²) in [6, 6.07) is 10.1. The molecular formula is C27H38N6O. The molecule has 1 unspecified atom stereocenters. The lowest BCUT2D eigenvalue weighted by Gasteiger charge is -2.26. The topological polar surface area (TPSA) is 67.2 Å². The van der Waals surface area contributed by atoms with Gasteiger partial charge >= 0.3 is 0 Å². The van der Waals surface area contributed by atoms with E-state index in [1.807, 2.05) is 41.2 Å². The lowest BCUT2D eigenvalue weighted by molar-refractivity contribution is -0.135. The zero-order valence-corrected chi connectivity index (χ0v) is 20.9. The Balaban J connectivity index is 1.60. The molecule has 1 aliphatic heterocycles. The molecule has 4 rings (SSSR count). The van der Waals surface area contributed by atoms with E-state index in [2.05, 4.69) is 35.7 Å². The number of fused-ring (bicyclic) bond motifs is 1. The average molecular weight is 463 g/mol. The summed E-state index contributed by atoms with van der Waals surface area (Å²) in [6.45, 7) is 9.70. The second-order valence-electron chi connectivity index (χ2n) is 9.26. The predicted octanol–water partition coefficient (Wildman–Crippen LogP) is 5.02. The molecule has 182 valence electrons. The van der Waals surface area contributed by atoms with Crippen molar-refractivity contribution in [3.05, 3.63) is 42.4 Å². The van der Waals surface area contributed by atoms with E-state index in [1.165, 1.54) is 0 Å². The third-order valence-corrected chi connectivity index (χ3v) is 6.78. The fourth-order valence-corrected chi connectivity index (χ4v) is 4.83. The lowest BCUT2D eigenvalue weighted by atomic mass is 9.97. The number of benzene rings is 1. The Kier molecular flexibility index (Phi) is 8.14. The van der Waals surface area contributed by atoms with Crippen LogP contribution in [-0.2, 0) is 11.2 Å². The Labute approximate surface area is 203 Å². The number of unbranched alkanes of at least 4 members (excludes halogenated alkanes) is 1. The molecule has 1 saturated heterocycles. The number of para-hydroxylation sites is 1. The van der Waals surface area contributed by atoms with Crippen LogP contribution in [0.15, 0.2) is 36.5 Å². The molecule has 0 aliphatic carbocycles. The van der Waals surface area contributed by atoms with Crippen LogP contribution in [0, 0.1) is 5.92 Å². The van der Waals surface area contributed by atoms with E-state index in [-0.39, 0.29) is 5.92 Å². The molecule has 1 amide bonds. The van der Waals surface area contributed by atoms with Crippen LogP contribution in [0.5, 0.6) is 0 Å². The number of carbonyl (C=O) groups is 1. The first kappa shape index (κ1) is 24.2. The normalized spacial score (nSPS) is 15.5. The summed E-state index contributed by atoms with van der Waals surface area (Å²) in [5.74, 6) is 2.28. The van der Waals surface area contributed by atoms with E-state index in [4.69, 9.17) is 9.97 Å². The highest BCUT2D eigenvalue weighted by Gasteiger charge is 2.26. The molecule has 34 heavy (non-hydrogen) atoms. The molecular weight excluding hydrogens is 424 g/mol. The quantitative estimate of drug-likeness (QED) is 0.446. The molecule has 0 spiro atoms. The first-order chi connectivity index (χ1) is 16.7. The van der Waals surface area contributed by atoms with Gasteiger partial charge in [0.25, 0.3) is 0 Å². The van der Waals surface area contributed by atoms with E-state index >= 15 is 0 Å². The minimum atomic E-state index is 0.150. The molecule has 0 N–H and O–H groups in total. The summed E-state index contributed by atoms with van der Waals surface area (Å²) in [6.07, 6.45) is 8.82. The van der Waals surface area contributed by atoms with Crippen molar-refractivity contribution in [2.45, 2.75) is 65.7 Å². The Hall–Kier alpha value is -2.96. The molecule has 2 aromatic heterocycles. The number of hydrogen-bond acceptors (Lipinski definition) is 5. The summed E-state index contributed by atoms with van der Waals surface area (Å²) in [5, 5.41) is 5.64. The first-order valence-corrected chi connectivity index (χ1v) is 13.0. The molecule has 1 atom stereocenters. The fourth-order valence-electron chi connectivity index (χ4n) is 4.83. The van der Waals surface area contributed by atoms with E-state index in [9.17, 15) is 4.79 Å². The Bertz CT molecular complexity index is 1080. The van der Waals surface area contributed by atoms with E-state index < -0.39 is 0 Å². The van der Waals surface area contributed by atoms with Gasteiger partial charge in [0.05, 0.1) is 17.3 Å². The number of aryl methyl sites for hydroxylation is 1. The van der Waals surface area contributed by atoms with Crippen molar-refractivity contribution in [1.29, 1.82) is 0 Å². The SMILES string of the molecule is CCCCC(CC)C(=O)N1CCCN(c2nc(CCC)nc3c2cnn3-c2ccccc2)CC1. The monoisotopic (exact) mass is 462 g/mol. The molecule has 1 aliphatic rings. The third-order valence-electron chi connectivity index (χ3n) is 6.78. The number of hydrogen-bond donors (Lipinski definition) is 0. The zero-order valence-electron chi connectivity index (χ0n) is 20.9. The molecule has 1 aromatic carbocycles. The van der Waals surface area contributed by atoms with Gasteiger partial charge in [-0.05, 0) is 37.8 Å². The lowest BCUT2D eigenvalue weighted by Crippen LogP contribution is -2.39. The third kappa shape index (κ3) is 5.24. The van der Waals surface area contributed by atoms with Crippen LogP contribution in [-0.4, -0.2) is 56.7 Å². The zero-order chi connectivity index (χ0) is 23.9. The van der Waals surface area contributed by atoms with Crippen LogP contribution >= 0.6 is 0 Å². The smallest absolute Gasteiger partial charge is 0.225 e. The number of anilines is 1. The van der Waals surface area contributed by atoms with Crippen molar-refractivity contribution in [3.8, 4) is 5.69 Å². The van der Waals surface area contributed by atoms with Crippen molar-refractivity contribution in [2.24, 2.45) is 5.92 Å². The van der Waals surface area contributed by atoms with Gasteiger partial charge in [-0.2, -0.15) is 5.10 Å². The highest BCUT2D eigenvalue weighted by atomic mass is 16.2. The molecule has 3 heterocycles. The Morgan fingerprint density at radius 3 is 2.56 bits per heavy atom. The van der Waals surface area contributed by atoms with Crippen LogP contribution in [0.4, 0.5) is 5.82 Å². The molecule has 0 saturated carbocycles. The molecule has 7 nitrogen and oxygen atoms in total. The summed E-state index contributed by atoms with van der Waals surface area (Å²) >= 11 is 0. The number of amides is 1. The van der Waals surface area contributed by atoms with E-state index in [0.29, 0.717) is 5.91 Å². The van der Waals surface area contributed by atoms with Gasteiger partial charge in [0, 0.05) is 38.5 Å². The molecule has 7 heteroatoms. The van der Waals surface area contributed by atoms with E-state index in [1.54, 1.807) is 0 Å². The van der Waals surface area contributed by atoms with Crippen LogP contribution < -0.4 is 4.90 Å². The highest BCUT2D eigenvalue weighted by Crippen LogP contribution is 2.27.